The fourth-order valence-electron chi connectivity index (χ4n) is 7.58. The highest BCUT2D eigenvalue weighted by Gasteiger charge is 2.55. The topological polar surface area (TPSA) is 134 Å². The molecule has 4 N–H and O–H groups in total. The second-order valence-electron chi connectivity index (χ2n) is 11.0. The lowest BCUT2D eigenvalue weighted by atomic mass is 9.52. The van der Waals surface area contributed by atoms with Crippen LogP contribution < -0.4 is 10.6 Å². The molecule has 0 spiro atoms. The summed E-state index contributed by atoms with van der Waals surface area (Å²) in [6.45, 7) is 1.02. The maximum atomic E-state index is 12.8. The Labute approximate surface area is 201 Å². The van der Waals surface area contributed by atoms with E-state index in [0.29, 0.717) is 42.4 Å². The minimum Gasteiger partial charge on any atom is -0.390 e. The van der Waals surface area contributed by atoms with Crippen molar-refractivity contribution in [1.29, 1.82) is 0 Å². The van der Waals surface area contributed by atoms with Crippen molar-refractivity contribution in [2.24, 2.45) is 17.8 Å². The lowest BCUT2D eigenvalue weighted by Crippen LogP contribution is -2.55. The Balaban J connectivity index is 1.22. The van der Waals surface area contributed by atoms with Gasteiger partial charge in [0.25, 0.3) is 0 Å². The normalized spacial score (nSPS) is 33.6. The van der Waals surface area contributed by atoms with Gasteiger partial charge in [0.2, 0.25) is 0 Å². The molecule has 4 saturated carbocycles. The van der Waals surface area contributed by atoms with Crippen LogP contribution in [0.5, 0.6) is 0 Å². The Morgan fingerprint density at radius 3 is 2.74 bits per heavy atom. The Morgan fingerprint density at radius 2 is 2.00 bits per heavy atom. The fourth-order valence-corrected chi connectivity index (χ4v) is 7.58. The van der Waals surface area contributed by atoms with E-state index in [0.717, 1.165) is 61.2 Å². The van der Waals surface area contributed by atoms with Gasteiger partial charge < -0.3 is 20.5 Å². The number of amides is 2. The van der Waals surface area contributed by atoms with E-state index < -0.39 is 17.4 Å². The van der Waals surface area contributed by atoms with E-state index >= 15 is 0 Å². The molecule has 5 aliphatic rings. The third kappa shape index (κ3) is 3.45. The monoisotopic (exact) mass is 478 g/mol. The van der Waals surface area contributed by atoms with E-state index in [1.165, 1.54) is 0 Å². The van der Waals surface area contributed by atoms with Gasteiger partial charge in [-0.1, -0.05) is 0 Å². The van der Waals surface area contributed by atoms with Crippen LogP contribution in [0.1, 0.15) is 51.0 Å². The number of carbonyl (C=O) groups excluding carboxylic acids is 2. The fraction of sp³-hybridized carbons (Fsp3) is 0.600. The number of fused-ring (bicyclic) bond motifs is 3. The first-order chi connectivity index (χ1) is 17.0. The van der Waals surface area contributed by atoms with E-state index in [9.17, 15) is 14.7 Å². The van der Waals surface area contributed by atoms with Gasteiger partial charge in [-0.25, -0.2) is 9.97 Å². The van der Waals surface area contributed by atoms with Crippen LogP contribution >= 0.6 is 0 Å². The van der Waals surface area contributed by atoms with Crippen LogP contribution in [0.25, 0.3) is 21.9 Å². The van der Waals surface area contributed by atoms with Crippen molar-refractivity contribution >= 4 is 39.6 Å². The van der Waals surface area contributed by atoms with Crippen molar-refractivity contribution in [3.63, 3.8) is 0 Å². The molecule has 35 heavy (non-hydrogen) atoms. The zero-order chi connectivity index (χ0) is 23.7. The van der Waals surface area contributed by atoms with Gasteiger partial charge in [-0.3, -0.25) is 19.4 Å². The molecule has 4 unspecified atom stereocenters. The number of H-pyrrole nitrogens is 1. The Kier molecular flexibility index (Phi) is 4.73. The van der Waals surface area contributed by atoms with Crippen molar-refractivity contribution < 1.29 is 19.4 Å². The van der Waals surface area contributed by atoms with Crippen molar-refractivity contribution in [3.8, 4) is 0 Å². The number of pyridine rings is 1. The molecule has 2 amide bonds. The molecular formula is C25H30N6O4. The molecule has 3 aromatic heterocycles. The largest absolute Gasteiger partial charge is 0.390 e. The van der Waals surface area contributed by atoms with Crippen LogP contribution in [-0.2, 0) is 14.3 Å². The van der Waals surface area contributed by atoms with Gasteiger partial charge in [0.1, 0.15) is 5.82 Å². The Morgan fingerprint density at radius 1 is 1.17 bits per heavy atom. The van der Waals surface area contributed by atoms with Crippen LogP contribution in [0, 0.1) is 17.8 Å². The first kappa shape index (κ1) is 21.3. The number of hydrogen-bond donors (Lipinski definition) is 4. The molecule has 8 rings (SSSR count). The van der Waals surface area contributed by atoms with Crippen LogP contribution in [-0.4, -0.2) is 61.5 Å². The summed E-state index contributed by atoms with van der Waals surface area (Å²) in [4.78, 5) is 34.1. The quantitative estimate of drug-likeness (QED) is 0.425. The summed E-state index contributed by atoms with van der Waals surface area (Å²) in [7, 11) is 0. The number of rotatable bonds is 4. The minimum atomic E-state index is -0.724. The van der Waals surface area contributed by atoms with Gasteiger partial charge in [-0.2, -0.15) is 0 Å². The van der Waals surface area contributed by atoms with E-state index in [1.807, 2.05) is 6.07 Å². The third-order valence-electron chi connectivity index (χ3n) is 8.70. The minimum absolute atomic E-state index is 0.0331. The first-order valence-corrected chi connectivity index (χ1v) is 12.7. The van der Waals surface area contributed by atoms with Crippen LogP contribution in [0.4, 0.5) is 5.82 Å². The standard InChI is InChI=1S/C25H30N6O4/c32-23(28-11-16-2-1-5-35-16)24(33)29-22-18-12-27-21-17(3-4-26-21)20(18)31(30-22)19-14-6-13-7-15(19)10-25(34,8-13)9-14/h3-4,12-16,19,30,34H,1-2,5-11H2,(H,28,32)(H,29,33)/t13?,14-,15+,16?,19?,25?. The molecule has 0 aromatic carbocycles. The van der Waals surface area contributed by atoms with Gasteiger partial charge in [0.15, 0.2) is 5.65 Å². The molecule has 4 bridgehead atoms. The average molecular weight is 479 g/mol. The molecule has 4 aliphatic carbocycles. The number of aromatic nitrogens is 4. The second kappa shape index (κ2) is 7.76. The van der Waals surface area contributed by atoms with E-state index in [-0.39, 0.29) is 12.1 Å². The second-order valence-corrected chi connectivity index (χ2v) is 11.0. The zero-order valence-corrected chi connectivity index (χ0v) is 19.5. The van der Waals surface area contributed by atoms with Crippen LogP contribution in [0.15, 0.2) is 18.5 Å². The lowest BCUT2D eigenvalue weighted by Gasteiger charge is -2.58. The smallest absolute Gasteiger partial charge is 0.314 e. The molecule has 0 radical (unpaired) electrons. The van der Waals surface area contributed by atoms with Crippen molar-refractivity contribution in [2.75, 3.05) is 18.5 Å². The summed E-state index contributed by atoms with van der Waals surface area (Å²) in [5, 5.41) is 21.6. The molecule has 10 heteroatoms. The lowest BCUT2D eigenvalue weighted by molar-refractivity contribution is -0.148. The summed E-state index contributed by atoms with van der Waals surface area (Å²) < 4.78 is 7.69. The van der Waals surface area contributed by atoms with E-state index in [2.05, 4.69) is 30.4 Å². The van der Waals surface area contributed by atoms with Crippen molar-refractivity contribution in [2.45, 2.75) is 62.7 Å². The highest BCUT2D eigenvalue weighted by Crippen LogP contribution is 2.60. The number of ether oxygens (including phenoxy) is 1. The highest BCUT2D eigenvalue weighted by molar-refractivity contribution is 6.40. The molecule has 4 heterocycles. The SMILES string of the molecule is O=C(NCC1CCCO1)C(=O)Nc1[nH]n(C2[C@@H]3CC4C[C@H]2CC(O)(C4)C3)c2c1cnc1nccc12. The van der Waals surface area contributed by atoms with Gasteiger partial charge in [-0.15, -0.1) is 0 Å². The molecule has 5 fully saturated rings. The summed E-state index contributed by atoms with van der Waals surface area (Å²) in [5.74, 6) is 0.365. The van der Waals surface area contributed by atoms with Gasteiger partial charge in [0, 0.05) is 30.9 Å². The molecular weight excluding hydrogens is 448 g/mol. The Bertz CT molecular complexity index is 1310. The average Bonchev–Trinajstić information content (AvgIpc) is 3.56. The summed E-state index contributed by atoms with van der Waals surface area (Å²) in [6, 6.07) is 2.13. The van der Waals surface area contributed by atoms with Crippen LogP contribution in [0.2, 0.25) is 0 Å². The van der Waals surface area contributed by atoms with Gasteiger partial charge >= 0.3 is 11.8 Å². The molecule has 3 aromatic rings. The number of nitrogens with zero attached hydrogens (tertiary/aromatic N) is 3. The zero-order valence-electron chi connectivity index (χ0n) is 19.5. The van der Waals surface area contributed by atoms with Gasteiger partial charge in [0.05, 0.1) is 28.6 Å². The molecule has 10 nitrogen and oxygen atoms in total. The summed E-state index contributed by atoms with van der Waals surface area (Å²) in [6.07, 6.45) is 10.0. The van der Waals surface area contributed by atoms with E-state index in [4.69, 9.17) is 4.74 Å². The number of hydrogen-bond acceptors (Lipinski definition) is 6. The third-order valence-corrected chi connectivity index (χ3v) is 8.70. The first-order valence-electron chi connectivity index (χ1n) is 12.7. The maximum absolute atomic E-state index is 12.8. The molecule has 6 atom stereocenters. The number of anilines is 1. The predicted octanol–water partition coefficient (Wildman–Crippen LogP) is 2.26. The van der Waals surface area contributed by atoms with Crippen molar-refractivity contribution in [3.05, 3.63) is 18.5 Å². The molecule has 184 valence electrons. The number of aliphatic hydroxyl groups is 1. The molecule has 1 saturated heterocycles. The van der Waals surface area contributed by atoms with Crippen LogP contribution in [0.3, 0.4) is 0 Å². The number of aromatic amines is 1. The number of carbonyl (C=O) groups is 2. The maximum Gasteiger partial charge on any atom is 0.314 e. The Hall–Kier alpha value is -2.98. The van der Waals surface area contributed by atoms with Crippen molar-refractivity contribution in [1.82, 2.24) is 25.1 Å². The van der Waals surface area contributed by atoms with Gasteiger partial charge in [-0.05, 0) is 68.8 Å². The molecule has 1 aliphatic heterocycles. The number of nitrogens with one attached hydrogen (secondary N) is 3. The highest BCUT2D eigenvalue weighted by atomic mass is 16.5. The summed E-state index contributed by atoms with van der Waals surface area (Å²) in [5.41, 5.74) is 1.05. The summed E-state index contributed by atoms with van der Waals surface area (Å²) >= 11 is 0. The van der Waals surface area contributed by atoms with E-state index in [1.54, 1.807) is 12.4 Å². The predicted molar refractivity (Wildman–Crippen MR) is 128 cm³/mol.